The minimum Gasteiger partial charge on any atom is -0.510 e. The number of imidazole rings is 1. The van der Waals surface area contributed by atoms with Crippen molar-refractivity contribution in [1.82, 2.24) is 9.55 Å². The van der Waals surface area contributed by atoms with E-state index in [1.165, 1.54) is 0 Å². The van der Waals surface area contributed by atoms with Gasteiger partial charge in [0, 0.05) is 38.8 Å². The summed E-state index contributed by atoms with van der Waals surface area (Å²) in [5.41, 5.74) is 4.59. The van der Waals surface area contributed by atoms with Gasteiger partial charge in [-0.05, 0) is 63.3 Å². The van der Waals surface area contributed by atoms with Gasteiger partial charge in [-0.1, -0.05) is 147 Å². The molecule has 8 heteroatoms. The van der Waals surface area contributed by atoms with Crippen molar-refractivity contribution in [2.24, 2.45) is 0 Å². The number of fused-ring (bicyclic) bond motifs is 4. The van der Waals surface area contributed by atoms with E-state index in [0.717, 1.165) is 22.8 Å². The van der Waals surface area contributed by atoms with E-state index in [4.69, 9.17) is 23.4 Å². The number of para-hydroxylation sites is 3. The number of allylic oxidation sites excluding steroid dienone is 2. The van der Waals surface area contributed by atoms with Gasteiger partial charge in [0.05, 0.1) is 30.4 Å². The van der Waals surface area contributed by atoms with Gasteiger partial charge in [-0.25, -0.2) is 4.98 Å². The van der Waals surface area contributed by atoms with E-state index >= 15 is 0 Å². The summed E-state index contributed by atoms with van der Waals surface area (Å²) in [7, 11) is 0. The number of hydrogen-bond donors (Lipinski definition) is 0. The van der Waals surface area contributed by atoms with Crippen molar-refractivity contribution in [3.63, 3.8) is 0 Å². The molecule has 58 heavy (non-hydrogen) atoms. The Morgan fingerprint density at radius 1 is 0.759 bits per heavy atom. The second-order valence-corrected chi connectivity index (χ2v) is 14.6. The SMILES string of the molecule is [2H]c1c([2H])c([2H])c(-c2cccc(-c3c([2H])c([2H])c([2H])c([2H])c3[2H])c2-[n+]2[c-]n(-c3[c-]c(Oc4[c-]c5c(cc4)N4C=CC=CB4N5c4cc(C(C)(C)C)ccn4)ccc3)c3ccccc32)c([2H])c1[2H].[Pt]. The van der Waals surface area contributed by atoms with Crippen LogP contribution in [0.3, 0.4) is 0 Å². The molecule has 0 atom stereocenters. The van der Waals surface area contributed by atoms with Crippen LogP contribution in [0.5, 0.6) is 11.5 Å². The minimum absolute atomic E-state index is 0. The molecule has 0 bridgehead atoms. The summed E-state index contributed by atoms with van der Waals surface area (Å²) in [6.45, 7) is 6.34. The molecule has 0 saturated heterocycles. The molecule has 8 aromatic rings. The van der Waals surface area contributed by atoms with Crippen LogP contribution in [-0.2, 0) is 26.5 Å². The smallest absolute Gasteiger partial charge is 0.400 e. The van der Waals surface area contributed by atoms with E-state index in [2.05, 4.69) is 60.9 Å². The summed E-state index contributed by atoms with van der Waals surface area (Å²) in [5, 5.41) is 0. The first-order valence-corrected chi connectivity index (χ1v) is 18.4. The number of pyridine rings is 1. The maximum atomic E-state index is 8.98. The molecule has 0 spiro atoms. The van der Waals surface area contributed by atoms with Crippen molar-refractivity contribution < 1.29 is 44.1 Å². The van der Waals surface area contributed by atoms with Crippen LogP contribution in [0.1, 0.15) is 40.0 Å². The van der Waals surface area contributed by atoms with Crippen molar-refractivity contribution in [3.8, 4) is 45.1 Å². The Hall–Kier alpha value is -6.43. The predicted octanol–water partition coefficient (Wildman–Crippen LogP) is 11.2. The molecular weight excluding hydrogens is 892 g/mol. The monoisotopic (exact) mass is 940 g/mol. The zero-order chi connectivity index (χ0) is 47.2. The van der Waals surface area contributed by atoms with Gasteiger partial charge in [0.25, 0.3) is 6.33 Å². The van der Waals surface area contributed by atoms with Crippen molar-refractivity contribution in [2.45, 2.75) is 26.2 Å². The molecule has 4 heterocycles. The topological polar surface area (TPSA) is 37.4 Å². The molecule has 0 fully saturated rings. The third kappa shape index (κ3) is 6.65. The van der Waals surface area contributed by atoms with Crippen LogP contribution in [0.4, 0.5) is 17.2 Å². The zero-order valence-electron chi connectivity index (χ0n) is 41.5. The van der Waals surface area contributed by atoms with Crippen LogP contribution in [0, 0.1) is 18.5 Å². The fourth-order valence-electron chi connectivity index (χ4n) is 7.33. The van der Waals surface area contributed by atoms with E-state index in [1.54, 1.807) is 39.5 Å². The largest absolute Gasteiger partial charge is 0.510 e. The van der Waals surface area contributed by atoms with E-state index in [1.807, 2.05) is 73.1 Å². The van der Waals surface area contributed by atoms with Crippen molar-refractivity contribution in [1.29, 1.82) is 0 Å². The Bertz CT molecular complexity index is 3300. The number of nitrogens with zero attached hydrogens (tertiary/aromatic N) is 5. The van der Waals surface area contributed by atoms with Crippen LogP contribution in [0.15, 0.2) is 176 Å². The molecule has 0 aliphatic carbocycles. The third-order valence-corrected chi connectivity index (χ3v) is 10.0. The molecule has 2 aromatic heterocycles. The van der Waals surface area contributed by atoms with Gasteiger partial charge in [-0.2, -0.15) is 12.1 Å². The summed E-state index contributed by atoms with van der Waals surface area (Å²) in [6.07, 6.45) is 11.3. The van der Waals surface area contributed by atoms with Gasteiger partial charge in [-0.15, -0.1) is 30.3 Å². The summed E-state index contributed by atoms with van der Waals surface area (Å²) < 4.78 is 96.6. The number of ether oxygens (including phenoxy) is 1. The average Bonchev–Trinajstić information content (AvgIpc) is 3.87. The van der Waals surface area contributed by atoms with Crippen LogP contribution in [-0.4, -0.2) is 16.5 Å². The molecule has 2 aliphatic rings. The number of hydrogen-bond acceptors (Lipinski definition) is 4. The van der Waals surface area contributed by atoms with Crippen molar-refractivity contribution in [3.05, 3.63) is 200 Å². The van der Waals surface area contributed by atoms with Gasteiger partial charge < -0.3 is 18.9 Å². The molecule has 10 rings (SSSR count). The molecule has 0 radical (unpaired) electrons. The quantitative estimate of drug-likeness (QED) is 0.0906. The van der Waals surface area contributed by atoms with Crippen molar-refractivity contribution >= 4 is 35.2 Å². The first kappa shape index (κ1) is 27.3. The fourth-order valence-corrected chi connectivity index (χ4v) is 7.33. The number of aromatic nitrogens is 3. The van der Waals surface area contributed by atoms with Crippen LogP contribution < -0.4 is 18.9 Å². The van der Waals surface area contributed by atoms with Gasteiger partial charge >= 0.3 is 6.98 Å². The van der Waals surface area contributed by atoms with E-state index in [0.29, 0.717) is 28.2 Å². The van der Waals surface area contributed by atoms with Gasteiger partial charge in [0.15, 0.2) is 0 Å². The second-order valence-electron chi connectivity index (χ2n) is 14.6. The molecule has 0 amide bonds. The van der Waals surface area contributed by atoms with Gasteiger partial charge in [0.2, 0.25) is 0 Å². The van der Waals surface area contributed by atoms with Crippen molar-refractivity contribution in [2.75, 3.05) is 9.62 Å². The molecule has 2 aliphatic heterocycles. The summed E-state index contributed by atoms with van der Waals surface area (Å²) >= 11 is 0. The molecular formula is C50H38BN5OPt-2. The summed E-state index contributed by atoms with van der Waals surface area (Å²) in [4.78, 5) is 9.10. The minimum atomic E-state index is -0.571. The van der Waals surface area contributed by atoms with Gasteiger partial charge in [0.1, 0.15) is 5.82 Å². The van der Waals surface area contributed by atoms with Crippen LogP contribution in [0.2, 0.25) is 0 Å². The normalized spacial score (nSPS) is 15.5. The summed E-state index contributed by atoms with van der Waals surface area (Å²) in [6, 6.07) is 27.1. The van der Waals surface area contributed by atoms with E-state index < -0.39 is 60.4 Å². The van der Waals surface area contributed by atoms with E-state index in [-0.39, 0.29) is 61.4 Å². The number of benzene rings is 6. The number of anilines is 3. The Balaban J connectivity index is 0.00000578. The third-order valence-electron chi connectivity index (χ3n) is 10.0. The van der Waals surface area contributed by atoms with Crippen LogP contribution in [0.25, 0.3) is 44.7 Å². The molecule has 0 unspecified atom stereocenters. The average molecular weight is 941 g/mol. The Labute approximate surface area is 368 Å². The molecule has 6 nitrogen and oxygen atoms in total. The number of rotatable bonds is 7. The summed E-state index contributed by atoms with van der Waals surface area (Å²) in [5.74, 6) is 3.68. The maximum Gasteiger partial charge on any atom is 0.400 e. The second kappa shape index (κ2) is 15.2. The van der Waals surface area contributed by atoms with Gasteiger partial charge in [-0.3, -0.25) is 4.57 Å². The van der Waals surface area contributed by atoms with E-state index in [9.17, 15) is 0 Å². The predicted molar refractivity (Wildman–Crippen MR) is 230 cm³/mol. The standard InChI is InChI=1S/C50H38BN5O.Pt/c1-50(2,3)38-28-30-52-48(32-38)56-47-34-41(26-27-46(47)55-31-13-12-29-51(55)56)57-40-21-14-20-39(33-40)53-35-54(45-25-11-10-24-44(45)53)49-42(36-16-6-4-7-17-36)22-15-23-43(49)37-18-8-5-9-19-37;/h4-32H,1-3H3;/q-2;/i4D,5D,6D,7D,8D,9D,16D,17D,18D,19D;. The Kier molecular flexibility index (Phi) is 7.12. The Morgan fingerprint density at radius 3 is 2.21 bits per heavy atom. The first-order chi connectivity index (χ1) is 32.0. The molecule has 0 N–H and O–H groups in total. The maximum absolute atomic E-state index is 8.98. The molecule has 0 saturated carbocycles. The molecule has 6 aromatic carbocycles. The first-order valence-electron chi connectivity index (χ1n) is 23.4. The molecule has 284 valence electrons. The zero-order valence-corrected chi connectivity index (χ0v) is 33.8. The van der Waals surface area contributed by atoms with Crippen LogP contribution >= 0.6 is 0 Å². The fraction of sp³-hybridized carbons (Fsp3) is 0.0800. The Morgan fingerprint density at radius 2 is 1.47 bits per heavy atom.